The molecular weight excluding hydrogens is 486 g/mol. The third kappa shape index (κ3) is 6.18. The Morgan fingerprint density at radius 3 is 2.64 bits per heavy atom. The number of nitrogens with zero attached hydrogens (tertiary/aromatic N) is 1. The summed E-state index contributed by atoms with van der Waals surface area (Å²) in [4.78, 5) is 27.4. The van der Waals surface area contributed by atoms with Crippen LogP contribution >= 0.6 is 23.1 Å². The van der Waals surface area contributed by atoms with Gasteiger partial charge in [0.2, 0.25) is 5.91 Å². The highest BCUT2D eigenvalue weighted by Gasteiger charge is 2.32. The normalized spacial score (nSPS) is 15.0. The smallest absolute Gasteiger partial charge is 0.255 e. The minimum atomic E-state index is -0.169. The molecule has 1 unspecified atom stereocenters. The molecule has 1 atom stereocenters. The van der Waals surface area contributed by atoms with E-state index in [0.717, 1.165) is 35.3 Å². The van der Waals surface area contributed by atoms with Crippen LogP contribution in [0.5, 0.6) is 0 Å². The minimum Gasteiger partial charge on any atom is -0.322 e. The van der Waals surface area contributed by atoms with Crippen LogP contribution in [0, 0.1) is 29.6 Å². The molecule has 1 aliphatic carbocycles. The second-order valence-electron chi connectivity index (χ2n) is 10.3. The predicted octanol–water partition coefficient (Wildman–Crippen LogP) is 7.06. The third-order valence-electron chi connectivity index (χ3n) is 6.60. The number of nitriles is 1. The molecule has 7 heteroatoms. The molecular formula is C29H31N3O2S2. The van der Waals surface area contributed by atoms with Gasteiger partial charge in [0.15, 0.2) is 0 Å². The van der Waals surface area contributed by atoms with Gasteiger partial charge in [0, 0.05) is 21.0 Å². The van der Waals surface area contributed by atoms with E-state index < -0.39 is 0 Å². The fourth-order valence-corrected chi connectivity index (χ4v) is 6.55. The predicted molar refractivity (Wildman–Crippen MR) is 149 cm³/mol. The van der Waals surface area contributed by atoms with Gasteiger partial charge in [-0.05, 0) is 73.4 Å². The second kappa shape index (κ2) is 10.9. The number of thiophene rings is 1. The molecule has 1 heterocycles. The van der Waals surface area contributed by atoms with E-state index in [0.29, 0.717) is 27.7 Å². The average Bonchev–Trinajstić information content (AvgIpc) is 3.18. The molecule has 2 aromatic carbocycles. The summed E-state index contributed by atoms with van der Waals surface area (Å²) >= 11 is 2.95. The molecule has 0 aliphatic heterocycles. The topological polar surface area (TPSA) is 82.0 Å². The molecule has 36 heavy (non-hydrogen) atoms. The molecule has 4 rings (SSSR count). The van der Waals surface area contributed by atoms with E-state index in [9.17, 15) is 14.9 Å². The number of amides is 2. The molecule has 5 nitrogen and oxygen atoms in total. The Labute approximate surface area is 221 Å². The first-order valence-electron chi connectivity index (χ1n) is 12.1. The Balaban J connectivity index is 1.37. The van der Waals surface area contributed by atoms with Crippen LogP contribution in [0.1, 0.15) is 59.1 Å². The first-order chi connectivity index (χ1) is 17.1. The van der Waals surface area contributed by atoms with E-state index in [1.165, 1.54) is 16.6 Å². The fourth-order valence-electron chi connectivity index (χ4n) is 4.50. The zero-order chi connectivity index (χ0) is 25.9. The van der Waals surface area contributed by atoms with Crippen molar-refractivity contribution < 1.29 is 9.59 Å². The number of hydrogen-bond acceptors (Lipinski definition) is 5. The lowest BCUT2D eigenvalue weighted by molar-refractivity contribution is -0.113. The van der Waals surface area contributed by atoms with Crippen molar-refractivity contribution in [3.8, 4) is 6.07 Å². The highest BCUT2D eigenvalue weighted by atomic mass is 32.2. The summed E-state index contributed by atoms with van der Waals surface area (Å²) in [5.41, 5.74) is 4.27. The van der Waals surface area contributed by atoms with Crippen LogP contribution in [0.2, 0.25) is 0 Å². The fraction of sp³-hybridized carbons (Fsp3) is 0.345. The number of benzene rings is 2. The minimum absolute atomic E-state index is 0.142. The summed E-state index contributed by atoms with van der Waals surface area (Å²) in [6.07, 6.45) is 2.92. The van der Waals surface area contributed by atoms with E-state index >= 15 is 0 Å². The number of aryl methyl sites for hydroxylation is 1. The highest BCUT2D eigenvalue weighted by Crippen LogP contribution is 2.44. The van der Waals surface area contributed by atoms with Crippen LogP contribution in [-0.4, -0.2) is 17.6 Å². The number of carbonyl (C=O) groups is 2. The molecule has 1 aliphatic rings. The Kier molecular flexibility index (Phi) is 7.87. The number of anilines is 2. The van der Waals surface area contributed by atoms with Crippen molar-refractivity contribution in [1.29, 1.82) is 5.26 Å². The zero-order valence-corrected chi connectivity index (χ0v) is 22.7. The van der Waals surface area contributed by atoms with Crippen molar-refractivity contribution in [3.05, 3.63) is 75.7 Å². The van der Waals surface area contributed by atoms with Gasteiger partial charge in [0.1, 0.15) is 11.1 Å². The summed E-state index contributed by atoms with van der Waals surface area (Å²) in [5, 5.41) is 16.3. The van der Waals surface area contributed by atoms with E-state index in [-0.39, 0.29) is 23.0 Å². The van der Waals surface area contributed by atoms with Crippen molar-refractivity contribution in [2.75, 3.05) is 16.4 Å². The first-order valence-corrected chi connectivity index (χ1v) is 13.9. The van der Waals surface area contributed by atoms with Crippen molar-refractivity contribution >= 4 is 45.6 Å². The van der Waals surface area contributed by atoms with Crippen molar-refractivity contribution in [1.82, 2.24) is 0 Å². The van der Waals surface area contributed by atoms with Crippen molar-refractivity contribution in [3.63, 3.8) is 0 Å². The molecule has 0 radical (unpaired) electrons. The summed E-state index contributed by atoms with van der Waals surface area (Å²) in [7, 11) is 0. The van der Waals surface area contributed by atoms with E-state index in [4.69, 9.17) is 0 Å². The van der Waals surface area contributed by atoms with Crippen molar-refractivity contribution in [2.24, 2.45) is 11.3 Å². The van der Waals surface area contributed by atoms with Gasteiger partial charge < -0.3 is 10.6 Å². The molecule has 3 aromatic rings. The lowest BCUT2D eigenvalue weighted by Gasteiger charge is -2.33. The van der Waals surface area contributed by atoms with E-state index in [1.54, 1.807) is 17.4 Å². The lowest BCUT2D eigenvalue weighted by Crippen LogP contribution is -2.26. The number of hydrogen-bond donors (Lipinski definition) is 2. The van der Waals surface area contributed by atoms with Gasteiger partial charge in [0.05, 0.1) is 11.3 Å². The standard InChI is InChI=1S/C29H31N3O2S2/c1-18-7-5-8-19(13-18)27(34)31-21-9-6-10-22(15-21)35-17-26(33)32-28-24(16-30)23-12-11-20(29(2,3)4)14-25(23)36-28/h5-10,13,15,20H,11-12,14,17H2,1-4H3,(H,31,34)(H,32,33). The molecule has 0 saturated heterocycles. The molecule has 2 N–H and O–H groups in total. The number of thioether (sulfide) groups is 1. The summed E-state index contributed by atoms with van der Waals surface area (Å²) < 4.78 is 0. The Bertz CT molecular complexity index is 1330. The summed E-state index contributed by atoms with van der Waals surface area (Å²) in [5.74, 6) is 0.482. The van der Waals surface area contributed by atoms with Crippen LogP contribution in [0.15, 0.2) is 53.4 Å². The number of fused-ring (bicyclic) bond motifs is 1. The summed E-state index contributed by atoms with van der Waals surface area (Å²) in [6.45, 7) is 8.76. The zero-order valence-electron chi connectivity index (χ0n) is 21.1. The second-order valence-corrected chi connectivity index (χ2v) is 12.5. The van der Waals surface area contributed by atoms with Gasteiger partial charge >= 0.3 is 0 Å². The van der Waals surface area contributed by atoms with Crippen LogP contribution < -0.4 is 10.6 Å². The van der Waals surface area contributed by atoms with Crippen LogP contribution in [-0.2, 0) is 17.6 Å². The maximum atomic E-state index is 12.8. The molecule has 0 saturated carbocycles. The molecule has 0 spiro atoms. The number of rotatable bonds is 6. The molecule has 0 fully saturated rings. The maximum absolute atomic E-state index is 12.8. The largest absolute Gasteiger partial charge is 0.322 e. The van der Waals surface area contributed by atoms with Gasteiger partial charge in [-0.25, -0.2) is 0 Å². The van der Waals surface area contributed by atoms with Crippen LogP contribution in [0.25, 0.3) is 0 Å². The Hall–Kier alpha value is -3.08. The van der Waals surface area contributed by atoms with Gasteiger partial charge in [-0.3, -0.25) is 9.59 Å². The molecule has 1 aromatic heterocycles. The van der Waals surface area contributed by atoms with Gasteiger partial charge in [-0.1, -0.05) is 44.5 Å². The number of carbonyl (C=O) groups excluding carboxylic acids is 2. The number of nitrogens with one attached hydrogen (secondary N) is 2. The molecule has 2 amide bonds. The third-order valence-corrected chi connectivity index (χ3v) is 8.76. The Morgan fingerprint density at radius 1 is 1.14 bits per heavy atom. The Morgan fingerprint density at radius 2 is 1.92 bits per heavy atom. The van der Waals surface area contributed by atoms with Crippen LogP contribution in [0.4, 0.5) is 10.7 Å². The van der Waals surface area contributed by atoms with Gasteiger partial charge in [-0.15, -0.1) is 23.1 Å². The summed E-state index contributed by atoms with van der Waals surface area (Å²) in [6, 6.07) is 17.2. The van der Waals surface area contributed by atoms with Gasteiger partial charge in [-0.2, -0.15) is 5.26 Å². The maximum Gasteiger partial charge on any atom is 0.255 e. The lowest BCUT2D eigenvalue weighted by atomic mass is 9.72. The molecule has 0 bridgehead atoms. The van der Waals surface area contributed by atoms with Crippen molar-refractivity contribution in [2.45, 2.75) is 51.9 Å². The molecule has 186 valence electrons. The van der Waals surface area contributed by atoms with E-state index in [1.807, 2.05) is 49.4 Å². The first kappa shape index (κ1) is 26.0. The monoisotopic (exact) mass is 517 g/mol. The quantitative estimate of drug-likeness (QED) is 0.343. The van der Waals surface area contributed by atoms with Crippen LogP contribution in [0.3, 0.4) is 0 Å². The van der Waals surface area contributed by atoms with Gasteiger partial charge in [0.25, 0.3) is 5.91 Å². The SMILES string of the molecule is Cc1cccc(C(=O)Nc2cccc(SCC(=O)Nc3sc4c(c3C#N)CCC(C(C)(C)C)C4)c2)c1. The van der Waals surface area contributed by atoms with E-state index in [2.05, 4.69) is 37.5 Å². The average molecular weight is 518 g/mol. The highest BCUT2D eigenvalue weighted by molar-refractivity contribution is 8.00.